The van der Waals surface area contributed by atoms with E-state index in [2.05, 4.69) is 115 Å². The van der Waals surface area contributed by atoms with Crippen molar-refractivity contribution in [2.75, 3.05) is 0 Å². The molecular formula is C49H29N3O2. The van der Waals surface area contributed by atoms with E-state index in [0.29, 0.717) is 17.5 Å². The number of para-hydroxylation sites is 1. The SMILES string of the molecule is c1ccc(-c2cc(-c3ccc4oc5cccc(-c6nc(-c7ccccc7)nc(-c7ccc8ccccc8c7)n6)c5c4c3)c3c(c2)oc2ccccc23)cc1. The van der Waals surface area contributed by atoms with Crippen molar-refractivity contribution in [1.29, 1.82) is 0 Å². The maximum absolute atomic E-state index is 6.53. The van der Waals surface area contributed by atoms with Gasteiger partial charge in [-0.05, 0) is 75.5 Å². The van der Waals surface area contributed by atoms with Crippen LogP contribution in [-0.4, -0.2) is 15.0 Å². The second kappa shape index (κ2) is 12.1. The molecule has 0 aliphatic heterocycles. The standard InChI is InChI=1S/C49H29N3O2/c1-3-12-30(13-4-1)36-28-39(45-37-18-9-10-20-41(37)54-44(45)29-36)34-24-25-42-40(27-34)46-38(19-11-21-43(46)53-42)49-51-47(32-15-5-2-6-16-32)50-48(52-49)35-23-22-31-14-7-8-17-33(31)26-35/h1-29H. The zero-order chi connectivity index (χ0) is 35.6. The Labute approximate surface area is 309 Å². The van der Waals surface area contributed by atoms with Gasteiger partial charge in [-0.2, -0.15) is 0 Å². The maximum Gasteiger partial charge on any atom is 0.164 e. The van der Waals surface area contributed by atoms with Crippen molar-refractivity contribution < 1.29 is 8.83 Å². The fraction of sp³-hybridized carbons (Fsp3) is 0. The fourth-order valence-corrected chi connectivity index (χ4v) is 7.73. The highest BCUT2D eigenvalue weighted by molar-refractivity contribution is 6.16. The molecule has 54 heavy (non-hydrogen) atoms. The zero-order valence-electron chi connectivity index (χ0n) is 28.9. The summed E-state index contributed by atoms with van der Waals surface area (Å²) in [7, 11) is 0. The number of aromatic nitrogens is 3. The maximum atomic E-state index is 6.53. The number of hydrogen-bond acceptors (Lipinski definition) is 5. The van der Waals surface area contributed by atoms with Gasteiger partial charge in [0.1, 0.15) is 22.3 Å². The van der Waals surface area contributed by atoms with Crippen molar-refractivity contribution in [3.05, 3.63) is 176 Å². The second-order valence-corrected chi connectivity index (χ2v) is 13.6. The van der Waals surface area contributed by atoms with E-state index >= 15 is 0 Å². The van der Waals surface area contributed by atoms with Gasteiger partial charge in [-0.3, -0.25) is 0 Å². The summed E-state index contributed by atoms with van der Waals surface area (Å²) >= 11 is 0. The van der Waals surface area contributed by atoms with Gasteiger partial charge >= 0.3 is 0 Å². The van der Waals surface area contributed by atoms with Gasteiger partial charge in [0.25, 0.3) is 0 Å². The molecule has 0 fully saturated rings. The molecule has 5 nitrogen and oxygen atoms in total. The van der Waals surface area contributed by atoms with Crippen LogP contribution in [0.1, 0.15) is 0 Å². The third-order valence-electron chi connectivity index (χ3n) is 10.3. The average Bonchev–Trinajstić information content (AvgIpc) is 3.82. The van der Waals surface area contributed by atoms with Crippen LogP contribution in [0.25, 0.3) is 111 Å². The summed E-state index contributed by atoms with van der Waals surface area (Å²) in [6.45, 7) is 0. The first-order valence-corrected chi connectivity index (χ1v) is 18.0. The Hall–Kier alpha value is -7.37. The first-order valence-electron chi connectivity index (χ1n) is 18.0. The van der Waals surface area contributed by atoms with E-state index in [4.69, 9.17) is 23.8 Å². The van der Waals surface area contributed by atoms with Crippen LogP contribution in [0.3, 0.4) is 0 Å². The Morgan fingerprint density at radius 3 is 1.78 bits per heavy atom. The Balaban J connectivity index is 1.15. The quantitative estimate of drug-likeness (QED) is 0.180. The predicted octanol–water partition coefficient (Wildman–Crippen LogP) is 13.2. The Morgan fingerprint density at radius 2 is 0.926 bits per heavy atom. The van der Waals surface area contributed by atoms with Gasteiger partial charge in [-0.1, -0.05) is 133 Å². The summed E-state index contributed by atoms with van der Waals surface area (Å²) in [5, 5.41) is 6.40. The third kappa shape index (κ3) is 4.98. The molecule has 0 bridgehead atoms. The van der Waals surface area contributed by atoms with Crippen LogP contribution >= 0.6 is 0 Å². The molecule has 0 spiro atoms. The van der Waals surface area contributed by atoms with Crippen LogP contribution < -0.4 is 0 Å². The molecule has 252 valence electrons. The smallest absolute Gasteiger partial charge is 0.164 e. The number of nitrogens with zero attached hydrogens (tertiary/aromatic N) is 3. The molecule has 3 heterocycles. The summed E-state index contributed by atoms with van der Waals surface area (Å²) in [6.07, 6.45) is 0. The molecule has 11 rings (SSSR count). The molecule has 3 aromatic heterocycles. The summed E-state index contributed by atoms with van der Waals surface area (Å²) in [5.74, 6) is 1.81. The minimum atomic E-state index is 0.583. The minimum absolute atomic E-state index is 0.583. The first-order chi connectivity index (χ1) is 26.7. The Morgan fingerprint density at radius 1 is 0.296 bits per heavy atom. The lowest BCUT2D eigenvalue weighted by Crippen LogP contribution is -2.00. The zero-order valence-corrected chi connectivity index (χ0v) is 28.9. The fourth-order valence-electron chi connectivity index (χ4n) is 7.73. The minimum Gasteiger partial charge on any atom is -0.456 e. The lowest BCUT2D eigenvalue weighted by Gasteiger charge is -2.10. The largest absolute Gasteiger partial charge is 0.456 e. The van der Waals surface area contributed by atoms with Gasteiger partial charge < -0.3 is 8.83 Å². The van der Waals surface area contributed by atoms with Crippen molar-refractivity contribution in [2.45, 2.75) is 0 Å². The van der Waals surface area contributed by atoms with Gasteiger partial charge in [0, 0.05) is 38.2 Å². The Kier molecular flexibility index (Phi) is 6.79. The lowest BCUT2D eigenvalue weighted by atomic mass is 9.93. The van der Waals surface area contributed by atoms with Crippen LogP contribution in [0.15, 0.2) is 185 Å². The summed E-state index contributed by atoms with van der Waals surface area (Å²) < 4.78 is 13.0. The molecule has 0 N–H and O–H groups in total. The molecule has 0 unspecified atom stereocenters. The van der Waals surface area contributed by atoms with E-state index in [-0.39, 0.29) is 0 Å². The first kappa shape index (κ1) is 30.3. The topological polar surface area (TPSA) is 65.0 Å². The number of rotatable bonds is 5. The second-order valence-electron chi connectivity index (χ2n) is 13.6. The van der Waals surface area contributed by atoms with Crippen molar-refractivity contribution in [3.8, 4) is 56.4 Å². The third-order valence-corrected chi connectivity index (χ3v) is 10.3. The predicted molar refractivity (Wildman–Crippen MR) is 219 cm³/mol. The normalized spacial score (nSPS) is 11.7. The van der Waals surface area contributed by atoms with Crippen molar-refractivity contribution in [2.24, 2.45) is 0 Å². The summed E-state index contributed by atoms with van der Waals surface area (Å²) in [6, 6.07) is 60.4. The van der Waals surface area contributed by atoms with E-state index < -0.39 is 0 Å². The summed E-state index contributed by atoms with van der Waals surface area (Å²) in [5.41, 5.74) is 10.4. The van der Waals surface area contributed by atoms with Crippen molar-refractivity contribution in [3.63, 3.8) is 0 Å². The van der Waals surface area contributed by atoms with Crippen molar-refractivity contribution in [1.82, 2.24) is 15.0 Å². The molecule has 0 saturated heterocycles. The van der Waals surface area contributed by atoms with Gasteiger partial charge in [0.2, 0.25) is 0 Å². The van der Waals surface area contributed by atoms with E-state index in [1.165, 1.54) is 5.39 Å². The van der Waals surface area contributed by atoms with E-state index in [1.807, 2.05) is 60.7 Å². The van der Waals surface area contributed by atoms with Crippen LogP contribution in [-0.2, 0) is 0 Å². The number of hydrogen-bond donors (Lipinski definition) is 0. The van der Waals surface area contributed by atoms with Gasteiger partial charge in [-0.15, -0.1) is 0 Å². The highest BCUT2D eigenvalue weighted by Gasteiger charge is 2.20. The number of fused-ring (bicyclic) bond motifs is 7. The monoisotopic (exact) mass is 691 g/mol. The van der Waals surface area contributed by atoms with E-state index in [0.717, 1.165) is 88.2 Å². The number of furan rings is 2. The van der Waals surface area contributed by atoms with Crippen LogP contribution in [0.2, 0.25) is 0 Å². The molecule has 11 aromatic rings. The summed E-state index contributed by atoms with van der Waals surface area (Å²) in [4.78, 5) is 15.3. The molecule has 0 radical (unpaired) electrons. The van der Waals surface area contributed by atoms with E-state index in [9.17, 15) is 0 Å². The molecule has 0 saturated carbocycles. The lowest BCUT2D eigenvalue weighted by molar-refractivity contribution is 0.669. The van der Waals surface area contributed by atoms with Crippen molar-refractivity contribution >= 4 is 54.6 Å². The van der Waals surface area contributed by atoms with Crippen LogP contribution in [0.4, 0.5) is 0 Å². The molecule has 5 heteroatoms. The highest BCUT2D eigenvalue weighted by atomic mass is 16.3. The molecule has 0 amide bonds. The van der Waals surface area contributed by atoms with Gasteiger partial charge in [0.05, 0.1) is 0 Å². The van der Waals surface area contributed by atoms with Crippen LogP contribution in [0, 0.1) is 0 Å². The molecule has 0 aliphatic carbocycles. The van der Waals surface area contributed by atoms with Gasteiger partial charge in [0.15, 0.2) is 17.5 Å². The van der Waals surface area contributed by atoms with E-state index in [1.54, 1.807) is 0 Å². The molecule has 0 atom stereocenters. The molecule has 0 aliphatic rings. The molecule has 8 aromatic carbocycles. The highest BCUT2D eigenvalue weighted by Crippen LogP contribution is 2.43. The average molecular weight is 692 g/mol. The Bertz CT molecular complexity index is 3220. The number of benzene rings is 8. The van der Waals surface area contributed by atoms with Crippen LogP contribution in [0.5, 0.6) is 0 Å². The molecular weight excluding hydrogens is 663 g/mol. The van der Waals surface area contributed by atoms with Gasteiger partial charge in [-0.25, -0.2) is 15.0 Å².